The highest BCUT2D eigenvalue weighted by Crippen LogP contribution is 2.41. The van der Waals surface area contributed by atoms with Crippen molar-refractivity contribution in [3.05, 3.63) is 29.5 Å². The van der Waals surface area contributed by atoms with Crippen LogP contribution in [0.3, 0.4) is 0 Å². The van der Waals surface area contributed by atoms with Gasteiger partial charge < -0.3 is 14.2 Å². The van der Waals surface area contributed by atoms with E-state index in [2.05, 4.69) is 21.3 Å². The number of nitriles is 1. The monoisotopic (exact) mass is 312 g/mol. The molecule has 3 heterocycles. The topological polar surface area (TPSA) is 102 Å². The van der Waals surface area contributed by atoms with Crippen molar-refractivity contribution in [1.29, 1.82) is 5.26 Å². The molecule has 1 saturated heterocycles. The van der Waals surface area contributed by atoms with Gasteiger partial charge in [-0.25, -0.2) is 4.98 Å². The van der Waals surface area contributed by atoms with Crippen LogP contribution in [0.1, 0.15) is 40.8 Å². The Morgan fingerprint density at radius 2 is 2.13 bits per heavy atom. The number of aromatic amines is 1. The SMILES string of the molecule is N#Cc1nc(C2CC2)oc1N1CCN(C(=O)c2ccn[nH]2)CC1. The van der Waals surface area contributed by atoms with Crippen molar-refractivity contribution >= 4 is 11.8 Å². The largest absolute Gasteiger partial charge is 0.423 e. The second kappa shape index (κ2) is 5.43. The fourth-order valence-electron chi connectivity index (χ4n) is 2.78. The lowest BCUT2D eigenvalue weighted by molar-refractivity contribution is 0.0739. The molecule has 0 radical (unpaired) electrons. The summed E-state index contributed by atoms with van der Waals surface area (Å²) in [6.45, 7) is 2.38. The molecular weight excluding hydrogens is 296 g/mol. The molecule has 0 unspecified atom stereocenters. The summed E-state index contributed by atoms with van der Waals surface area (Å²) in [6.07, 6.45) is 3.73. The standard InChI is InChI=1S/C15H16N6O2/c16-9-12-15(23-13(18-12)10-1-2-10)21-7-5-20(6-8-21)14(22)11-3-4-17-19-11/h3-4,10H,1-2,5-8H2,(H,17,19). The molecule has 1 aliphatic carbocycles. The van der Waals surface area contributed by atoms with Crippen LogP contribution < -0.4 is 4.90 Å². The van der Waals surface area contributed by atoms with Gasteiger partial charge in [0.2, 0.25) is 17.5 Å². The number of aromatic nitrogens is 3. The lowest BCUT2D eigenvalue weighted by atomic mass is 10.2. The molecule has 8 heteroatoms. The van der Waals surface area contributed by atoms with Crippen molar-refractivity contribution in [2.75, 3.05) is 31.1 Å². The molecule has 4 rings (SSSR count). The van der Waals surface area contributed by atoms with Crippen LogP contribution in [0.5, 0.6) is 0 Å². The number of piperazine rings is 1. The number of hydrogen-bond acceptors (Lipinski definition) is 6. The Morgan fingerprint density at radius 3 is 2.74 bits per heavy atom. The fraction of sp³-hybridized carbons (Fsp3) is 0.467. The number of hydrogen-bond donors (Lipinski definition) is 1. The highest BCUT2D eigenvalue weighted by atomic mass is 16.4. The van der Waals surface area contributed by atoms with E-state index in [1.807, 2.05) is 4.90 Å². The van der Waals surface area contributed by atoms with E-state index in [0.29, 0.717) is 55.3 Å². The van der Waals surface area contributed by atoms with Crippen LogP contribution in [0.15, 0.2) is 16.7 Å². The summed E-state index contributed by atoms with van der Waals surface area (Å²) in [5.41, 5.74) is 0.840. The number of anilines is 1. The van der Waals surface area contributed by atoms with Crippen LogP contribution in [-0.4, -0.2) is 52.2 Å². The van der Waals surface area contributed by atoms with E-state index >= 15 is 0 Å². The highest BCUT2D eigenvalue weighted by molar-refractivity contribution is 5.92. The van der Waals surface area contributed by atoms with E-state index in [9.17, 15) is 10.1 Å². The molecule has 118 valence electrons. The second-order valence-corrected chi connectivity index (χ2v) is 5.84. The molecule has 2 fully saturated rings. The van der Waals surface area contributed by atoms with Gasteiger partial charge in [0.05, 0.1) is 0 Å². The Morgan fingerprint density at radius 1 is 1.35 bits per heavy atom. The molecule has 0 bridgehead atoms. The maximum absolute atomic E-state index is 12.3. The molecule has 1 aliphatic heterocycles. The van der Waals surface area contributed by atoms with E-state index in [4.69, 9.17) is 4.42 Å². The first-order valence-corrected chi connectivity index (χ1v) is 7.70. The summed E-state index contributed by atoms with van der Waals surface area (Å²) < 4.78 is 5.81. The van der Waals surface area contributed by atoms with Crippen LogP contribution in [0, 0.1) is 11.3 Å². The number of oxazole rings is 1. The number of H-pyrrole nitrogens is 1. The van der Waals surface area contributed by atoms with Crippen molar-refractivity contribution in [3.63, 3.8) is 0 Å². The van der Waals surface area contributed by atoms with Crippen LogP contribution in [-0.2, 0) is 0 Å². The lowest BCUT2D eigenvalue weighted by Gasteiger charge is -2.34. The van der Waals surface area contributed by atoms with Crippen molar-refractivity contribution in [2.24, 2.45) is 0 Å². The summed E-state index contributed by atoms with van der Waals surface area (Å²) >= 11 is 0. The van der Waals surface area contributed by atoms with E-state index < -0.39 is 0 Å². The van der Waals surface area contributed by atoms with Gasteiger partial charge in [-0.2, -0.15) is 10.4 Å². The van der Waals surface area contributed by atoms with Gasteiger partial charge in [0.25, 0.3) is 5.91 Å². The average Bonchev–Trinajstić information content (AvgIpc) is 3.14. The molecule has 2 aromatic heterocycles. The lowest BCUT2D eigenvalue weighted by Crippen LogP contribution is -2.49. The predicted octanol–water partition coefficient (Wildman–Crippen LogP) is 1.11. The maximum atomic E-state index is 12.3. The van der Waals surface area contributed by atoms with Gasteiger partial charge in [-0.1, -0.05) is 0 Å². The Hall–Kier alpha value is -2.82. The van der Waals surface area contributed by atoms with E-state index in [0.717, 1.165) is 12.8 Å². The number of carbonyl (C=O) groups is 1. The summed E-state index contributed by atoms with van der Waals surface area (Å²) in [7, 11) is 0. The first-order valence-electron chi connectivity index (χ1n) is 7.70. The first kappa shape index (κ1) is 13.8. The maximum Gasteiger partial charge on any atom is 0.271 e. The number of carbonyl (C=O) groups excluding carboxylic acids is 1. The molecular formula is C15H16N6O2. The van der Waals surface area contributed by atoms with Crippen LogP contribution in [0.25, 0.3) is 0 Å². The van der Waals surface area contributed by atoms with Crippen LogP contribution in [0.2, 0.25) is 0 Å². The zero-order chi connectivity index (χ0) is 15.8. The van der Waals surface area contributed by atoms with Crippen molar-refractivity contribution in [1.82, 2.24) is 20.1 Å². The summed E-state index contributed by atoms with van der Waals surface area (Å²) in [4.78, 5) is 20.3. The molecule has 1 amide bonds. The summed E-state index contributed by atoms with van der Waals surface area (Å²) in [6, 6.07) is 3.78. The minimum Gasteiger partial charge on any atom is -0.423 e. The quantitative estimate of drug-likeness (QED) is 0.911. The number of rotatable bonds is 3. The average molecular weight is 312 g/mol. The van der Waals surface area contributed by atoms with Gasteiger partial charge in [0.15, 0.2) is 0 Å². The Balaban J connectivity index is 1.45. The zero-order valence-electron chi connectivity index (χ0n) is 12.5. The molecule has 0 spiro atoms. The molecule has 0 atom stereocenters. The second-order valence-electron chi connectivity index (χ2n) is 5.84. The third-order valence-electron chi connectivity index (χ3n) is 4.24. The summed E-state index contributed by atoms with van der Waals surface area (Å²) in [5.74, 6) is 1.54. The minimum absolute atomic E-state index is 0.0566. The number of amides is 1. The molecule has 2 aliphatic rings. The fourth-order valence-corrected chi connectivity index (χ4v) is 2.78. The van der Waals surface area contributed by atoms with E-state index in [-0.39, 0.29) is 5.91 Å². The summed E-state index contributed by atoms with van der Waals surface area (Å²) in [5, 5.41) is 15.8. The zero-order valence-corrected chi connectivity index (χ0v) is 12.5. The highest BCUT2D eigenvalue weighted by Gasteiger charge is 2.33. The Labute approximate surface area is 132 Å². The Kier molecular flexibility index (Phi) is 3.26. The van der Waals surface area contributed by atoms with E-state index in [1.54, 1.807) is 17.2 Å². The smallest absolute Gasteiger partial charge is 0.271 e. The molecule has 23 heavy (non-hydrogen) atoms. The number of nitrogens with zero attached hydrogens (tertiary/aromatic N) is 5. The minimum atomic E-state index is -0.0566. The molecule has 8 nitrogen and oxygen atoms in total. The molecule has 2 aromatic rings. The van der Waals surface area contributed by atoms with Gasteiger partial charge in [-0.15, -0.1) is 0 Å². The number of nitrogens with one attached hydrogen (secondary N) is 1. The first-order chi connectivity index (χ1) is 11.3. The molecule has 0 aromatic carbocycles. The van der Waals surface area contributed by atoms with Gasteiger partial charge >= 0.3 is 0 Å². The van der Waals surface area contributed by atoms with Crippen molar-refractivity contribution < 1.29 is 9.21 Å². The Bertz CT molecular complexity index is 748. The van der Waals surface area contributed by atoms with Crippen molar-refractivity contribution in [2.45, 2.75) is 18.8 Å². The third kappa shape index (κ3) is 2.54. The van der Waals surface area contributed by atoms with Gasteiger partial charge in [0.1, 0.15) is 11.8 Å². The van der Waals surface area contributed by atoms with Crippen molar-refractivity contribution in [3.8, 4) is 6.07 Å². The molecule has 1 N–H and O–H groups in total. The van der Waals surface area contributed by atoms with Gasteiger partial charge in [-0.3, -0.25) is 9.89 Å². The molecule has 1 saturated carbocycles. The van der Waals surface area contributed by atoms with Crippen LogP contribution >= 0.6 is 0 Å². The normalized spacial score (nSPS) is 18.0. The van der Waals surface area contributed by atoms with Gasteiger partial charge in [-0.05, 0) is 18.9 Å². The van der Waals surface area contributed by atoms with E-state index in [1.165, 1.54) is 0 Å². The third-order valence-corrected chi connectivity index (χ3v) is 4.24. The van der Waals surface area contributed by atoms with Crippen LogP contribution in [0.4, 0.5) is 5.88 Å². The predicted molar refractivity (Wildman–Crippen MR) is 79.9 cm³/mol. The van der Waals surface area contributed by atoms with Gasteiger partial charge in [0, 0.05) is 38.3 Å².